The van der Waals surface area contributed by atoms with Gasteiger partial charge in [0, 0.05) is 19.3 Å². The number of benzene rings is 1. The van der Waals surface area contributed by atoms with Crippen LogP contribution < -0.4 is 43.4 Å². The van der Waals surface area contributed by atoms with Crippen molar-refractivity contribution in [3.05, 3.63) is 35.9 Å². The smallest absolute Gasteiger partial charge is 0.326 e. The summed E-state index contributed by atoms with van der Waals surface area (Å²) >= 11 is 0. The molecule has 0 aromatic heterocycles. The van der Waals surface area contributed by atoms with Crippen molar-refractivity contribution < 1.29 is 53.4 Å². The summed E-state index contributed by atoms with van der Waals surface area (Å²) in [6, 6.07) is 0.158. The van der Waals surface area contributed by atoms with Crippen molar-refractivity contribution in [2.75, 3.05) is 6.54 Å². The molecular formula is C42H68N8O11. The SMILES string of the molecule is CC[C@H](C)CC(=O)N[C@H](C(=O)N[C@@H](CC(N)=O)C(=O)N[C@@H](Cc1ccccc1)C(=O)N[C@@H](CCC(=O)O)C(=O)N[C@@H](CCCCN)C(=O)N[C@@H](CC(C)C)C(=O)O)[C@@H](C)CC. The van der Waals surface area contributed by atoms with Crippen molar-refractivity contribution in [2.24, 2.45) is 29.2 Å². The molecule has 0 bridgehead atoms. The van der Waals surface area contributed by atoms with E-state index in [1.807, 2.05) is 20.8 Å². The van der Waals surface area contributed by atoms with Gasteiger partial charge in [0.2, 0.25) is 41.4 Å². The van der Waals surface area contributed by atoms with Gasteiger partial charge >= 0.3 is 11.9 Å². The van der Waals surface area contributed by atoms with Gasteiger partial charge < -0.3 is 53.6 Å². The zero-order valence-corrected chi connectivity index (χ0v) is 36.3. The molecule has 342 valence electrons. The van der Waals surface area contributed by atoms with Crippen LogP contribution in [0.2, 0.25) is 0 Å². The van der Waals surface area contributed by atoms with E-state index in [2.05, 4.69) is 31.9 Å². The topological polar surface area (TPSA) is 318 Å². The molecule has 0 aliphatic heterocycles. The largest absolute Gasteiger partial charge is 0.481 e. The van der Waals surface area contributed by atoms with Gasteiger partial charge in [-0.2, -0.15) is 0 Å². The zero-order chi connectivity index (χ0) is 46.2. The lowest BCUT2D eigenvalue weighted by Gasteiger charge is -2.28. The highest BCUT2D eigenvalue weighted by atomic mass is 16.4. The Labute approximate surface area is 358 Å². The standard InChI is InChI=1S/C42H68N8O11/c1-7-25(5)21-34(52)50-36(26(6)8-2)41(59)48-31(23-33(44)51)40(58)47-30(22-27-14-10-9-11-15-27)39(57)46-29(17-18-35(53)54)38(56)45-28(16-12-13-19-43)37(55)49-32(42(60)61)20-24(3)4/h9-11,14-15,24-26,28-32,36H,7-8,12-13,16-23,43H2,1-6H3,(H2,44,51)(H,45,56)(H,46,57)(H,47,58)(H,48,59)(H,49,55)(H,50,52)(H,53,54)(H,60,61)/t25-,26-,28-,29-,30-,31-,32-,36-/m0/s1. The van der Waals surface area contributed by atoms with Crippen molar-refractivity contribution in [2.45, 2.75) is 148 Å². The minimum absolute atomic E-state index is 0.0431. The van der Waals surface area contributed by atoms with Gasteiger partial charge in [-0.15, -0.1) is 0 Å². The summed E-state index contributed by atoms with van der Waals surface area (Å²) in [5.41, 5.74) is 11.7. The number of hydrogen-bond acceptors (Lipinski definition) is 10. The number of primary amides is 1. The van der Waals surface area contributed by atoms with Crippen molar-refractivity contribution in [1.82, 2.24) is 31.9 Å². The van der Waals surface area contributed by atoms with Gasteiger partial charge in [0.25, 0.3) is 0 Å². The molecule has 19 nitrogen and oxygen atoms in total. The minimum Gasteiger partial charge on any atom is -0.481 e. The van der Waals surface area contributed by atoms with E-state index in [9.17, 15) is 53.4 Å². The average molecular weight is 861 g/mol. The van der Waals surface area contributed by atoms with Gasteiger partial charge in [-0.25, -0.2) is 4.79 Å². The molecule has 0 aliphatic rings. The lowest BCUT2D eigenvalue weighted by Crippen LogP contribution is -2.60. The Morgan fingerprint density at radius 1 is 0.623 bits per heavy atom. The van der Waals surface area contributed by atoms with Crippen LogP contribution in [-0.4, -0.2) is 106 Å². The molecule has 0 aliphatic carbocycles. The van der Waals surface area contributed by atoms with Gasteiger partial charge in [-0.05, 0) is 62.0 Å². The number of carbonyl (C=O) groups excluding carboxylic acids is 7. The van der Waals surface area contributed by atoms with Gasteiger partial charge in [0.1, 0.15) is 36.3 Å². The molecule has 1 aromatic rings. The molecule has 0 radical (unpaired) electrons. The monoisotopic (exact) mass is 861 g/mol. The number of nitrogens with one attached hydrogen (secondary N) is 6. The highest BCUT2D eigenvalue weighted by Crippen LogP contribution is 2.13. The number of rotatable bonds is 30. The van der Waals surface area contributed by atoms with Gasteiger partial charge in [-0.1, -0.05) is 84.7 Å². The zero-order valence-electron chi connectivity index (χ0n) is 36.3. The first-order chi connectivity index (χ1) is 28.7. The van der Waals surface area contributed by atoms with Crippen LogP contribution >= 0.6 is 0 Å². The van der Waals surface area contributed by atoms with Crippen molar-refractivity contribution >= 4 is 53.3 Å². The highest BCUT2D eigenvalue weighted by molar-refractivity contribution is 5.98. The molecule has 12 N–H and O–H groups in total. The van der Waals surface area contributed by atoms with Crippen LogP contribution in [0.15, 0.2) is 30.3 Å². The maximum absolute atomic E-state index is 14.1. The number of unbranched alkanes of at least 4 members (excludes halogenated alkanes) is 1. The fourth-order valence-electron chi connectivity index (χ4n) is 6.21. The number of carboxylic acids is 2. The first kappa shape index (κ1) is 53.4. The number of amides is 7. The number of nitrogens with two attached hydrogens (primary N) is 2. The van der Waals surface area contributed by atoms with Crippen molar-refractivity contribution in [1.29, 1.82) is 0 Å². The molecule has 0 heterocycles. The van der Waals surface area contributed by atoms with Crippen LogP contribution in [0.4, 0.5) is 0 Å². The Kier molecular flexibility index (Phi) is 24.6. The summed E-state index contributed by atoms with van der Waals surface area (Å²) < 4.78 is 0. The van der Waals surface area contributed by atoms with Gasteiger partial charge in [0.15, 0.2) is 0 Å². The molecule has 0 unspecified atom stereocenters. The van der Waals surface area contributed by atoms with Crippen LogP contribution in [0.3, 0.4) is 0 Å². The molecule has 0 saturated heterocycles. The molecule has 7 amide bonds. The third-order valence-corrected chi connectivity index (χ3v) is 10.2. The molecule has 61 heavy (non-hydrogen) atoms. The average Bonchev–Trinajstić information content (AvgIpc) is 3.19. The van der Waals surface area contributed by atoms with Crippen LogP contribution in [0, 0.1) is 17.8 Å². The lowest BCUT2D eigenvalue weighted by atomic mass is 9.96. The Morgan fingerprint density at radius 2 is 1.15 bits per heavy atom. The second kappa shape index (κ2) is 28.0. The summed E-state index contributed by atoms with van der Waals surface area (Å²) in [5, 5.41) is 34.5. The summed E-state index contributed by atoms with van der Waals surface area (Å²) in [5.74, 6) is -8.78. The lowest BCUT2D eigenvalue weighted by molar-refractivity contribution is -0.143. The third-order valence-electron chi connectivity index (χ3n) is 10.2. The summed E-state index contributed by atoms with van der Waals surface area (Å²) in [6.07, 6.45) is 0.471. The Balaban J connectivity index is 3.51. The molecular weight excluding hydrogens is 793 g/mol. The van der Waals surface area contributed by atoms with E-state index in [1.54, 1.807) is 51.1 Å². The second-order valence-electron chi connectivity index (χ2n) is 16.0. The molecule has 0 saturated carbocycles. The Morgan fingerprint density at radius 3 is 1.66 bits per heavy atom. The number of carbonyl (C=O) groups is 9. The Bertz CT molecular complexity index is 1630. The van der Waals surface area contributed by atoms with Crippen molar-refractivity contribution in [3.8, 4) is 0 Å². The predicted molar refractivity (Wildman–Crippen MR) is 226 cm³/mol. The van der Waals surface area contributed by atoms with Gasteiger partial charge in [-0.3, -0.25) is 38.4 Å². The predicted octanol–water partition coefficient (Wildman–Crippen LogP) is 0.620. The van der Waals surface area contributed by atoms with Gasteiger partial charge in [0.05, 0.1) is 6.42 Å². The Hall–Kier alpha value is -5.59. The van der Waals surface area contributed by atoms with Crippen LogP contribution in [0.25, 0.3) is 0 Å². The summed E-state index contributed by atoms with van der Waals surface area (Å²) in [7, 11) is 0. The molecule has 19 heteroatoms. The highest BCUT2D eigenvalue weighted by Gasteiger charge is 2.35. The van der Waals surface area contributed by atoms with Crippen LogP contribution in [-0.2, 0) is 49.6 Å². The van der Waals surface area contributed by atoms with E-state index in [0.29, 0.717) is 24.8 Å². The third kappa shape index (κ3) is 21.0. The maximum Gasteiger partial charge on any atom is 0.326 e. The fraction of sp³-hybridized carbons (Fsp3) is 0.643. The summed E-state index contributed by atoms with van der Waals surface area (Å²) in [6.45, 7) is 11.2. The van der Waals surface area contributed by atoms with Crippen LogP contribution in [0.5, 0.6) is 0 Å². The molecule has 8 atom stereocenters. The normalized spacial score (nSPS) is 15.0. The first-order valence-corrected chi connectivity index (χ1v) is 21.0. The quantitative estimate of drug-likeness (QED) is 0.0476. The van der Waals surface area contributed by atoms with E-state index in [4.69, 9.17) is 11.5 Å². The maximum atomic E-state index is 14.1. The fourth-order valence-corrected chi connectivity index (χ4v) is 6.21. The second-order valence-corrected chi connectivity index (χ2v) is 16.0. The molecule has 0 spiro atoms. The van der Waals surface area contributed by atoms with Crippen molar-refractivity contribution in [3.63, 3.8) is 0 Å². The first-order valence-electron chi connectivity index (χ1n) is 21.0. The minimum atomic E-state index is -1.60. The summed E-state index contributed by atoms with van der Waals surface area (Å²) in [4.78, 5) is 117. The van der Waals surface area contributed by atoms with E-state index in [0.717, 1.165) is 6.42 Å². The van der Waals surface area contributed by atoms with E-state index < -0.39 is 103 Å². The van der Waals surface area contributed by atoms with E-state index in [1.165, 1.54) is 0 Å². The number of aliphatic carboxylic acids is 2. The van der Waals surface area contributed by atoms with E-state index >= 15 is 0 Å². The molecule has 1 aromatic carbocycles. The van der Waals surface area contributed by atoms with Crippen LogP contribution in [0.1, 0.15) is 111 Å². The van der Waals surface area contributed by atoms with E-state index in [-0.39, 0.29) is 55.9 Å². The molecule has 1 rings (SSSR count). The molecule has 0 fully saturated rings. The number of hydrogen-bond donors (Lipinski definition) is 10. The number of carboxylic acid groups (broad SMARTS) is 2.